The Morgan fingerprint density at radius 1 is 1.21 bits per heavy atom. The SMILES string of the molecule is CCN(CC)C/C=C/C(=O)Nc1cccc(CNc2nc(NC3CCOCC3)nc3c(C(C)C)cnn23)c1. The van der Waals surface area contributed by atoms with Crippen molar-refractivity contribution in [3.63, 3.8) is 0 Å². The van der Waals surface area contributed by atoms with Gasteiger partial charge in [0.25, 0.3) is 0 Å². The highest BCUT2D eigenvalue weighted by atomic mass is 16.5. The smallest absolute Gasteiger partial charge is 0.248 e. The third-order valence-corrected chi connectivity index (χ3v) is 6.74. The number of benzene rings is 1. The van der Waals surface area contributed by atoms with Gasteiger partial charge >= 0.3 is 0 Å². The summed E-state index contributed by atoms with van der Waals surface area (Å²) in [5.41, 5.74) is 3.63. The topological polar surface area (TPSA) is 109 Å². The van der Waals surface area contributed by atoms with Crippen LogP contribution in [0, 0.1) is 0 Å². The van der Waals surface area contributed by atoms with Gasteiger partial charge in [-0.15, -0.1) is 0 Å². The summed E-state index contributed by atoms with van der Waals surface area (Å²) in [7, 11) is 0. The number of fused-ring (bicyclic) bond motifs is 1. The van der Waals surface area contributed by atoms with Gasteiger partial charge in [0.1, 0.15) is 0 Å². The van der Waals surface area contributed by atoms with Crippen LogP contribution in [0.1, 0.15) is 57.6 Å². The largest absolute Gasteiger partial charge is 0.381 e. The van der Waals surface area contributed by atoms with E-state index in [1.807, 2.05) is 36.5 Å². The molecule has 0 bridgehead atoms. The van der Waals surface area contributed by atoms with Gasteiger partial charge in [0.15, 0.2) is 5.65 Å². The maximum Gasteiger partial charge on any atom is 0.248 e. The molecule has 0 spiro atoms. The van der Waals surface area contributed by atoms with E-state index in [2.05, 4.69) is 53.6 Å². The lowest BCUT2D eigenvalue weighted by Crippen LogP contribution is -2.29. The Balaban J connectivity index is 1.46. The fraction of sp³-hybridized carbons (Fsp3) is 0.500. The molecule has 0 unspecified atom stereocenters. The highest BCUT2D eigenvalue weighted by molar-refractivity contribution is 5.99. The summed E-state index contributed by atoms with van der Waals surface area (Å²) in [4.78, 5) is 24.2. The average Bonchev–Trinajstić information content (AvgIpc) is 3.35. The Morgan fingerprint density at radius 2 is 2.00 bits per heavy atom. The summed E-state index contributed by atoms with van der Waals surface area (Å²) < 4.78 is 7.25. The molecule has 2 aromatic heterocycles. The van der Waals surface area contributed by atoms with Crippen LogP contribution in [-0.4, -0.2) is 69.3 Å². The Bertz CT molecular complexity index is 1230. The molecule has 38 heavy (non-hydrogen) atoms. The van der Waals surface area contributed by atoms with Crippen molar-refractivity contribution in [1.29, 1.82) is 0 Å². The number of anilines is 3. The van der Waals surface area contributed by atoms with Crippen LogP contribution in [0.4, 0.5) is 17.6 Å². The van der Waals surface area contributed by atoms with Crippen LogP contribution in [0.25, 0.3) is 5.65 Å². The van der Waals surface area contributed by atoms with Crippen molar-refractivity contribution in [3.05, 3.63) is 53.7 Å². The summed E-state index contributed by atoms with van der Waals surface area (Å²) in [5, 5.41) is 14.4. The number of likely N-dealkylation sites (N-methyl/N-ethyl adjacent to an activating group) is 1. The number of nitrogens with one attached hydrogen (secondary N) is 3. The Kier molecular flexibility index (Phi) is 9.67. The zero-order valence-corrected chi connectivity index (χ0v) is 22.9. The van der Waals surface area contributed by atoms with Gasteiger partial charge in [0.2, 0.25) is 17.8 Å². The fourth-order valence-corrected chi connectivity index (χ4v) is 4.42. The average molecular weight is 521 g/mol. The summed E-state index contributed by atoms with van der Waals surface area (Å²) >= 11 is 0. The number of ether oxygens (including phenoxy) is 1. The zero-order chi connectivity index (χ0) is 26.9. The molecular weight excluding hydrogens is 480 g/mol. The second-order valence-electron chi connectivity index (χ2n) is 9.82. The van der Waals surface area contributed by atoms with E-state index in [9.17, 15) is 4.79 Å². The molecule has 0 saturated carbocycles. The predicted octanol–water partition coefficient (Wildman–Crippen LogP) is 4.29. The van der Waals surface area contributed by atoms with Crippen molar-refractivity contribution >= 4 is 29.1 Å². The van der Waals surface area contributed by atoms with Crippen LogP contribution < -0.4 is 16.0 Å². The van der Waals surface area contributed by atoms with Gasteiger partial charge in [-0.1, -0.05) is 45.9 Å². The molecule has 3 N–H and O–H groups in total. The summed E-state index contributed by atoms with van der Waals surface area (Å²) in [6.45, 7) is 13.2. The van der Waals surface area contributed by atoms with Crippen LogP contribution in [-0.2, 0) is 16.1 Å². The van der Waals surface area contributed by atoms with Crippen LogP contribution in [0.5, 0.6) is 0 Å². The summed E-state index contributed by atoms with van der Waals surface area (Å²) in [5.74, 6) is 1.35. The molecule has 3 aromatic rings. The number of hydrogen-bond donors (Lipinski definition) is 3. The number of carbonyl (C=O) groups excluding carboxylic acids is 1. The van der Waals surface area contributed by atoms with Crippen molar-refractivity contribution < 1.29 is 9.53 Å². The lowest BCUT2D eigenvalue weighted by molar-refractivity contribution is -0.111. The Hall–Kier alpha value is -3.50. The third kappa shape index (κ3) is 7.29. The van der Waals surface area contributed by atoms with Crippen LogP contribution in [0.3, 0.4) is 0 Å². The molecule has 0 aliphatic carbocycles. The van der Waals surface area contributed by atoms with Gasteiger partial charge in [-0.05, 0) is 49.5 Å². The molecule has 1 aromatic carbocycles. The maximum atomic E-state index is 12.4. The minimum Gasteiger partial charge on any atom is -0.381 e. The molecule has 1 aliphatic rings. The number of nitrogens with zero attached hydrogens (tertiary/aromatic N) is 5. The standard InChI is InChI=1S/C28H40N8O2/c1-5-35(6-2)14-8-11-25(37)31-23-10-7-9-21(17-23)18-29-28-34-27(32-22-12-15-38-16-13-22)33-26-24(20(3)4)19-30-36(26)28/h7-11,17,19-20,22H,5-6,12-16,18H2,1-4H3,(H,31,37)(H2,29,32,33,34)/b11-8+. The number of amides is 1. The molecule has 10 heteroatoms. The van der Waals surface area contributed by atoms with Crippen molar-refractivity contribution in [2.75, 3.05) is 48.8 Å². The molecule has 3 heterocycles. The Labute approximate surface area is 224 Å². The van der Waals surface area contributed by atoms with Crippen LogP contribution in [0.2, 0.25) is 0 Å². The number of hydrogen-bond acceptors (Lipinski definition) is 8. The molecular formula is C28H40N8O2. The summed E-state index contributed by atoms with van der Waals surface area (Å²) in [6, 6.07) is 8.09. The molecule has 1 fully saturated rings. The second kappa shape index (κ2) is 13.3. The molecule has 0 radical (unpaired) electrons. The molecule has 0 atom stereocenters. The Morgan fingerprint density at radius 3 is 2.74 bits per heavy atom. The fourth-order valence-electron chi connectivity index (χ4n) is 4.42. The van der Waals surface area contributed by atoms with Gasteiger partial charge in [0, 0.05) is 49.7 Å². The van der Waals surface area contributed by atoms with E-state index in [0.29, 0.717) is 18.4 Å². The first-order valence-corrected chi connectivity index (χ1v) is 13.6. The van der Waals surface area contributed by atoms with E-state index in [1.165, 1.54) is 0 Å². The van der Waals surface area contributed by atoms with E-state index < -0.39 is 0 Å². The zero-order valence-electron chi connectivity index (χ0n) is 22.9. The lowest BCUT2D eigenvalue weighted by Gasteiger charge is -2.23. The number of aromatic nitrogens is 4. The van der Waals surface area contributed by atoms with Gasteiger partial charge in [0.05, 0.1) is 6.20 Å². The van der Waals surface area contributed by atoms with E-state index in [0.717, 1.165) is 68.2 Å². The highest BCUT2D eigenvalue weighted by Gasteiger charge is 2.19. The van der Waals surface area contributed by atoms with Gasteiger partial charge in [-0.25, -0.2) is 0 Å². The molecule has 1 saturated heterocycles. The second-order valence-corrected chi connectivity index (χ2v) is 9.82. The molecule has 10 nitrogen and oxygen atoms in total. The van der Waals surface area contributed by atoms with E-state index in [4.69, 9.17) is 14.7 Å². The van der Waals surface area contributed by atoms with Crippen LogP contribution >= 0.6 is 0 Å². The minimum absolute atomic E-state index is 0.138. The number of rotatable bonds is 12. The highest BCUT2D eigenvalue weighted by Crippen LogP contribution is 2.23. The molecule has 204 valence electrons. The minimum atomic E-state index is -0.138. The molecule has 1 aliphatic heterocycles. The van der Waals surface area contributed by atoms with Crippen molar-refractivity contribution in [2.45, 2.75) is 59.0 Å². The first-order chi connectivity index (χ1) is 18.5. The summed E-state index contributed by atoms with van der Waals surface area (Å²) in [6.07, 6.45) is 7.21. The molecule has 1 amide bonds. The maximum absolute atomic E-state index is 12.4. The lowest BCUT2D eigenvalue weighted by atomic mass is 10.1. The van der Waals surface area contributed by atoms with Gasteiger partial charge in [-0.2, -0.15) is 19.6 Å². The van der Waals surface area contributed by atoms with E-state index >= 15 is 0 Å². The first kappa shape index (κ1) is 27.5. The van der Waals surface area contributed by atoms with Gasteiger partial charge < -0.3 is 25.6 Å². The van der Waals surface area contributed by atoms with Crippen LogP contribution in [0.15, 0.2) is 42.6 Å². The van der Waals surface area contributed by atoms with Crippen molar-refractivity contribution in [2.24, 2.45) is 0 Å². The quantitative estimate of drug-likeness (QED) is 0.304. The first-order valence-electron chi connectivity index (χ1n) is 13.6. The normalized spacial score (nSPS) is 14.6. The number of carbonyl (C=O) groups is 1. The van der Waals surface area contributed by atoms with Gasteiger partial charge in [-0.3, -0.25) is 4.79 Å². The monoisotopic (exact) mass is 520 g/mol. The predicted molar refractivity (Wildman–Crippen MR) is 152 cm³/mol. The third-order valence-electron chi connectivity index (χ3n) is 6.74. The van der Waals surface area contributed by atoms with E-state index in [1.54, 1.807) is 10.6 Å². The van der Waals surface area contributed by atoms with E-state index in [-0.39, 0.29) is 17.9 Å². The van der Waals surface area contributed by atoms with Crippen molar-refractivity contribution in [3.8, 4) is 0 Å². The van der Waals surface area contributed by atoms with Crippen molar-refractivity contribution in [1.82, 2.24) is 24.5 Å². The molecule has 4 rings (SSSR count).